The quantitative estimate of drug-likeness (QED) is 0.915. The van der Waals surface area contributed by atoms with Crippen LogP contribution >= 0.6 is 0 Å². The van der Waals surface area contributed by atoms with Crippen LogP contribution in [-0.4, -0.2) is 48.8 Å². The summed E-state index contributed by atoms with van der Waals surface area (Å²) in [6.45, 7) is 5.29. The van der Waals surface area contributed by atoms with Crippen molar-refractivity contribution < 1.29 is 4.74 Å². The average molecular weight is 286 g/mol. The van der Waals surface area contributed by atoms with Crippen LogP contribution < -0.4 is 5.32 Å². The Morgan fingerprint density at radius 3 is 2.95 bits per heavy atom. The van der Waals surface area contributed by atoms with Crippen molar-refractivity contribution in [1.29, 1.82) is 5.26 Å². The SMILES string of the molecule is N#Cc1cnccc1NC1CCN(CC2CCOC2)CC1. The van der Waals surface area contributed by atoms with Crippen molar-refractivity contribution in [2.45, 2.75) is 25.3 Å². The molecular formula is C16H22N4O. The van der Waals surface area contributed by atoms with Crippen molar-refractivity contribution in [3.05, 3.63) is 24.0 Å². The molecule has 0 amide bonds. The van der Waals surface area contributed by atoms with Gasteiger partial charge in [-0.15, -0.1) is 0 Å². The Kier molecular flexibility index (Phi) is 4.69. The number of rotatable bonds is 4. The Morgan fingerprint density at radius 2 is 2.24 bits per heavy atom. The van der Waals surface area contributed by atoms with Gasteiger partial charge in [0.2, 0.25) is 0 Å². The van der Waals surface area contributed by atoms with Crippen molar-refractivity contribution in [1.82, 2.24) is 9.88 Å². The minimum Gasteiger partial charge on any atom is -0.381 e. The third kappa shape index (κ3) is 3.72. The van der Waals surface area contributed by atoms with Gasteiger partial charge in [0.25, 0.3) is 0 Å². The lowest BCUT2D eigenvalue weighted by Crippen LogP contribution is -2.41. The van der Waals surface area contributed by atoms with Gasteiger partial charge in [0.15, 0.2) is 0 Å². The van der Waals surface area contributed by atoms with Gasteiger partial charge in [0.1, 0.15) is 6.07 Å². The molecule has 5 heteroatoms. The summed E-state index contributed by atoms with van der Waals surface area (Å²) in [4.78, 5) is 6.55. The zero-order valence-corrected chi connectivity index (χ0v) is 12.3. The Hall–Kier alpha value is -1.64. The first kappa shape index (κ1) is 14.3. The van der Waals surface area contributed by atoms with E-state index in [9.17, 15) is 0 Å². The second kappa shape index (κ2) is 6.88. The zero-order valence-electron chi connectivity index (χ0n) is 12.3. The van der Waals surface area contributed by atoms with Crippen molar-refractivity contribution in [3.63, 3.8) is 0 Å². The number of anilines is 1. The van der Waals surface area contributed by atoms with Crippen molar-refractivity contribution >= 4 is 5.69 Å². The van der Waals surface area contributed by atoms with Crippen LogP contribution in [0.2, 0.25) is 0 Å². The van der Waals surface area contributed by atoms with E-state index in [1.54, 1.807) is 12.4 Å². The number of hydrogen-bond donors (Lipinski definition) is 1. The molecule has 0 bridgehead atoms. The van der Waals surface area contributed by atoms with Crippen LogP contribution in [0.25, 0.3) is 0 Å². The predicted molar refractivity (Wildman–Crippen MR) is 81.0 cm³/mol. The van der Waals surface area contributed by atoms with Gasteiger partial charge in [-0.2, -0.15) is 5.26 Å². The van der Waals surface area contributed by atoms with Gasteiger partial charge in [-0.1, -0.05) is 0 Å². The highest BCUT2D eigenvalue weighted by Gasteiger charge is 2.24. The van der Waals surface area contributed by atoms with Crippen LogP contribution in [0.5, 0.6) is 0 Å². The van der Waals surface area contributed by atoms with Crippen molar-refractivity contribution in [3.8, 4) is 6.07 Å². The molecule has 0 spiro atoms. The molecule has 1 atom stereocenters. The van der Waals surface area contributed by atoms with Gasteiger partial charge in [-0.05, 0) is 31.2 Å². The van der Waals surface area contributed by atoms with Gasteiger partial charge >= 0.3 is 0 Å². The number of nitrogens with zero attached hydrogens (tertiary/aromatic N) is 3. The van der Waals surface area contributed by atoms with Crippen molar-refractivity contribution in [2.24, 2.45) is 5.92 Å². The van der Waals surface area contributed by atoms with E-state index in [0.29, 0.717) is 11.6 Å². The number of pyridine rings is 1. The lowest BCUT2D eigenvalue weighted by atomic mass is 10.0. The molecule has 2 aliphatic rings. The van der Waals surface area contributed by atoms with E-state index >= 15 is 0 Å². The fourth-order valence-corrected chi connectivity index (χ4v) is 3.18. The summed E-state index contributed by atoms with van der Waals surface area (Å²) in [5.74, 6) is 0.722. The molecule has 3 rings (SSSR count). The second-order valence-electron chi connectivity index (χ2n) is 5.98. The molecule has 2 saturated heterocycles. The summed E-state index contributed by atoms with van der Waals surface area (Å²) in [5, 5.41) is 12.6. The monoisotopic (exact) mass is 286 g/mol. The highest BCUT2D eigenvalue weighted by Crippen LogP contribution is 2.21. The molecule has 2 fully saturated rings. The normalized spacial score (nSPS) is 23.9. The molecule has 0 aliphatic carbocycles. The molecule has 112 valence electrons. The Labute approximate surface area is 125 Å². The van der Waals surface area contributed by atoms with Gasteiger partial charge < -0.3 is 15.0 Å². The van der Waals surface area contributed by atoms with Gasteiger partial charge in [0, 0.05) is 44.7 Å². The van der Waals surface area contributed by atoms with E-state index in [0.717, 1.165) is 50.8 Å². The molecule has 3 heterocycles. The van der Waals surface area contributed by atoms with Gasteiger partial charge in [-0.3, -0.25) is 4.98 Å². The van der Waals surface area contributed by atoms with Crippen LogP contribution in [0.15, 0.2) is 18.5 Å². The lowest BCUT2D eigenvalue weighted by molar-refractivity contribution is 0.154. The molecule has 1 N–H and O–H groups in total. The summed E-state index contributed by atoms with van der Waals surface area (Å²) in [6.07, 6.45) is 6.82. The maximum absolute atomic E-state index is 9.10. The number of aromatic nitrogens is 1. The lowest BCUT2D eigenvalue weighted by Gasteiger charge is -2.34. The zero-order chi connectivity index (χ0) is 14.5. The minimum absolute atomic E-state index is 0.454. The third-order valence-electron chi connectivity index (χ3n) is 4.43. The molecule has 21 heavy (non-hydrogen) atoms. The molecule has 5 nitrogen and oxygen atoms in total. The standard InChI is InChI=1S/C16H22N4O/c17-9-14-10-18-5-1-16(14)19-15-2-6-20(7-3-15)11-13-4-8-21-12-13/h1,5,10,13,15H,2-4,6-8,11-12H2,(H,18,19). The highest BCUT2D eigenvalue weighted by molar-refractivity contribution is 5.56. The minimum atomic E-state index is 0.454. The van der Waals surface area contributed by atoms with Crippen LogP contribution in [0.4, 0.5) is 5.69 Å². The fraction of sp³-hybridized carbons (Fsp3) is 0.625. The smallest absolute Gasteiger partial charge is 0.103 e. The Bertz CT molecular complexity index is 499. The first-order valence-electron chi connectivity index (χ1n) is 7.76. The molecule has 2 aliphatic heterocycles. The Balaban J connectivity index is 1.48. The summed E-state index contributed by atoms with van der Waals surface area (Å²) < 4.78 is 5.45. The van der Waals surface area contributed by atoms with E-state index in [2.05, 4.69) is 21.3 Å². The van der Waals surface area contributed by atoms with Crippen LogP contribution in [0.3, 0.4) is 0 Å². The maximum atomic E-state index is 9.10. The second-order valence-corrected chi connectivity index (χ2v) is 5.98. The largest absolute Gasteiger partial charge is 0.381 e. The summed E-state index contributed by atoms with van der Waals surface area (Å²) in [6, 6.07) is 4.54. The van der Waals surface area contributed by atoms with Gasteiger partial charge in [0.05, 0.1) is 17.9 Å². The maximum Gasteiger partial charge on any atom is 0.103 e. The number of nitriles is 1. The summed E-state index contributed by atoms with van der Waals surface area (Å²) in [7, 11) is 0. The van der Waals surface area contributed by atoms with E-state index < -0.39 is 0 Å². The van der Waals surface area contributed by atoms with E-state index in [1.165, 1.54) is 13.0 Å². The number of piperidine rings is 1. The molecule has 1 aromatic rings. The summed E-state index contributed by atoms with van der Waals surface area (Å²) in [5.41, 5.74) is 1.54. The topological polar surface area (TPSA) is 61.2 Å². The van der Waals surface area contributed by atoms with Gasteiger partial charge in [-0.25, -0.2) is 0 Å². The number of hydrogen-bond acceptors (Lipinski definition) is 5. The first-order valence-corrected chi connectivity index (χ1v) is 7.76. The number of likely N-dealkylation sites (tertiary alicyclic amines) is 1. The molecule has 0 radical (unpaired) electrons. The summed E-state index contributed by atoms with van der Waals surface area (Å²) >= 11 is 0. The molecule has 1 unspecified atom stereocenters. The molecule has 0 aromatic carbocycles. The van der Waals surface area contributed by atoms with Crippen LogP contribution in [0, 0.1) is 17.2 Å². The predicted octanol–water partition coefficient (Wildman–Crippen LogP) is 1.87. The average Bonchev–Trinajstić information content (AvgIpc) is 3.03. The number of ether oxygens (including phenoxy) is 1. The van der Waals surface area contributed by atoms with E-state index in [1.807, 2.05) is 6.07 Å². The highest BCUT2D eigenvalue weighted by atomic mass is 16.5. The van der Waals surface area contributed by atoms with Crippen molar-refractivity contribution in [2.75, 3.05) is 38.2 Å². The third-order valence-corrected chi connectivity index (χ3v) is 4.43. The van der Waals surface area contributed by atoms with Crippen LogP contribution in [0.1, 0.15) is 24.8 Å². The molecule has 1 aromatic heterocycles. The van der Waals surface area contributed by atoms with E-state index in [-0.39, 0.29) is 0 Å². The molecular weight excluding hydrogens is 264 g/mol. The molecule has 0 saturated carbocycles. The van der Waals surface area contributed by atoms with E-state index in [4.69, 9.17) is 10.00 Å². The van der Waals surface area contributed by atoms with Crippen LogP contribution in [-0.2, 0) is 4.74 Å². The first-order chi connectivity index (χ1) is 10.3. The number of nitrogens with one attached hydrogen (secondary N) is 1. The Morgan fingerprint density at radius 1 is 1.38 bits per heavy atom. The fourth-order valence-electron chi connectivity index (χ4n) is 3.18.